The zero-order valence-corrected chi connectivity index (χ0v) is 17.5. The molecule has 3 aromatic rings. The zero-order chi connectivity index (χ0) is 21.0. The molecule has 0 bridgehead atoms. The second-order valence-electron chi connectivity index (χ2n) is 6.55. The lowest BCUT2D eigenvalue weighted by Crippen LogP contribution is -2.39. The molecule has 1 atom stereocenters. The first kappa shape index (κ1) is 20.7. The molecule has 2 aromatic heterocycles. The van der Waals surface area contributed by atoms with Gasteiger partial charge in [-0.15, -0.1) is 10.2 Å². The summed E-state index contributed by atoms with van der Waals surface area (Å²) in [4.78, 5) is 24.7. The predicted octanol–water partition coefficient (Wildman–Crippen LogP) is 4.00. The average molecular weight is 414 g/mol. The summed E-state index contributed by atoms with van der Waals surface area (Å²) in [6, 6.07) is 8.69. The van der Waals surface area contributed by atoms with Gasteiger partial charge in [-0.2, -0.15) is 0 Å². The van der Waals surface area contributed by atoms with Crippen LogP contribution in [0.3, 0.4) is 0 Å². The maximum absolute atomic E-state index is 12.5. The standard InChI is InChI=1S/C20H23N5O3S/c1-5-25-17(16-7-6-10-28-16)23-24-20(25)29-14(4)18(26)22-19(27)21-15-9-8-12(2)11-13(15)3/h6-11,14H,5H2,1-4H3,(H2,21,22,26,27). The number of amides is 3. The number of imide groups is 1. The number of thioether (sulfide) groups is 1. The molecular formula is C20H23N5O3S. The Bertz CT molecular complexity index is 1010. The lowest BCUT2D eigenvalue weighted by molar-refractivity contribution is -0.119. The van der Waals surface area contributed by atoms with E-state index in [0.717, 1.165) is 11.1 Å². The largest absolute Gasteiger partial charge is 0.461 e. The molecule has 0 spiro atoms. The van der Waals surface area contributed by atoms with E-state index in [1.54, 1.807) is 25.3 Å². The van der Waals surface area contributed by atoms with Gasteiger partial charge in [0.25, 0.3) is 0 Å². The molecule has 9 heteroatoms. The predicted molar refractivity (Wildman–Crippen MR) is 112 cm³/mol. The van der Waals surface area contributed by atoms with Gasteiger partial charge in [0.2, 0.25) is 5.91 Å². The third-order valence-corrected chi connectivity index (χ3v) is 5.37. The number of carbonyl (C=O) groups is 2. The minimum atomic E-state index is -0.567. The minimum Gasteiger partial charge on any atom is -0.461 e. The maximum atomic E-state index is 12.5. The number of aryl methyl sites for hydroxylation is 2. The molecule has 8 nitrogen and oxygen atoms in total. The monoisotopic (exact) mass is 413 g/mol. The quantitative estimate of drug-likeness (QED) is 0.592. The Morgan fingerprint density at radius 1 is 1.24 bits per heavy atom. The third kappa shape index (κ3) is 4.86. The van der Waals surface area contributed by atoms with E-state index in [1.807, 2.05) is 43.5 Å². The van der Waals surface area contributed by atoms with Crippen LogP contribution in [0.4, 0.5) is 10.5 Å². The smallest absolute Gasteiger partial charge is 0.325 e. The van der Waals surface area contributed by atoms with E-state index in [0.29, 0.717) is 29.0 Å². The van der Waals surface area contributed by atoms with Crippen LogP contribution in [0.2, 0.25) is 0 Å². The molecule has 0 radical (unpaired) electrons. The average Bonchev–Trinajstić information content (AvgIpc) is 3.33. The Hall–Kier alpha value is -3.07. The molecule has 0 aliphatic rings. The molecular weight excluding hydrogens is 390 g/mol. The maximum Gasteiger partial charge on any atom is 0.325 e. The van der Waals surface area contributed by atoms with Gasteiger partial charge in [0.15, 0.2) is 16.7 Å². The number of rotatable bonds is 6. The van der Waals surface area contributed by atoms with Gasteiger partial charge in [-0.1, -0.05) is 29.5 Å². The summed E-state index contributed by atoms with van der Waals surface area (Å²) in [5.41, 5.74) is 2.69. The number of nitrogens with one attached hydrogen (secondary N) is 2. The van der Waals surface area contributed by atoms with Crippen LogP contribution in [0.15, 0.2) is 46.2 Å². The van der Waals surface area contributed by atoms with Crippen molar-refractivity contribution in [2.75, 3.05) is 5.32 Å². The van der Waals surface area contributed by atoms with Crippen LogP contribution in [0, 0.1) is 13.8 Å². The van der Waals surface area contributed by atoms with Crippen molar-refractivity contribution < 1.29 is 14.0 Å². The third-order valence-electron chi connectivity index (χ3n) is 4.29. The van der Waals surface area contributed by atoms with E-state index in [1.165, 1.54) is 11.8 Å². The van der Waals surface area contributed by atoms with Crippen LogP contribution < -0.4 is 10.6 Å². The van der Waals surface area contributed by atoms with Gasteiger partial charge in [0.05, 0.1) is 11.5 Å². The van der Waals surface area contributed by atoms with Gasteiger partial charge in [0.1, 0.15) is 0 Å². The molecule has 152 valence electrons. The van der Waals surface area contributed by atoms with Crippen molar-refractivity contribution in [3.05, 3.63) is 47.7 Å². The summed E-state index contributed by atoms with van der Waals surface area (Å²) in [5.74, 6) is 0.791. The van der Waals surface area contributed by atoms with E-state index in [4.69, 9.17) is 4.42 Å². The molecule has 3 amide bonds. The van der Waals surface area contributed by atoms with E-state index in [-0.39, 0.29) is 0 Å². The highest BCUT2D eigenvalue weighted by molar-refractivity contribution is 8.00. The number of hydrogen-bond donors (Lipinski definition) is 2. The van der Waals surface area contributed by atoms with Crippen molar-refractivity contribution in [2.24, 2.45) is 0 Å². The van der Waals surface area contributed by atoms with Gasteiger partial charge < -0.3 is 9.73 Å². The van der Waals surface area contributed by atoms with E-state index >= 15 is 0 Å². The van der Waals surface area contributed by atoms with Gasteiger partial charge in [-0.3, -0.25) is 14.7 Å². The number of carbonyl (C=O) groups excluding carboxylic acids is 2. The minimum absolute atomic E-state index is 0.414. The van der Waals surface area contributed by atoms with E-state index < -0.39 is 17.2 Å². The fourth-order valence-corrected chi connectivity index (χ4v) is 3.69. The van der Waals surface area contributed by atoms with Crippen molar-refractivity contribution in [3.8, 4) is 11.6 Å². The lowest BCUT2D eigenvalue weighted by atomic mass is 10.1. The summed E-state index contributed by atoms with van der Waals surface area (Å²) < 4.78 is 7.25. The first-order valence-electron chi connectivity index (χ1n) is 9.22. The summed E-state index contributed by atoms with van der Waals surface area (Å²) in [5, 5.41) is 13.5. The van der Waals surface area contributed by atoms with Crippen LogP contribution in [0.25, 0.3) is 11.6 Å². The van der Waals surface area contributed by atoms with E-state index in [9.17, 15) is 9.59 Å². The van der Waals surface area contributed by atoms with Crippen LogP contribution in [-0.2, 0) is 11.3 Å². The molecule has 0 saturated heterocycles. The Kier molecular flexibility index (Phi) is 6.38. The van der Waals surface area contributed by atoms with Crippen LogP contribution >= 0.6 is 11.8 Å². The number of anilines is 1. The molecule has 3 rings (SSSR count). The summed E-state index contributed by atoms with van der Waals surface area (Å²) in [6.45, 7) is 8.17. The molecule has 1 aromatic carbocycles. The molecule has 0 saturated carbocycles. The van der Waals surface area contributed by atoms with Crippen LogP contribution in [0.1, 0.15) is 25.0 Å². The fourth-order valence-electron chi connectivity index (χ4n) is 2.78. The van der Waals surface area contributed by atoms with E-state index in [2.05, 4.69) is 20.8 Å². The zero-order valence-electron chi connectivity index (χ0n) is 16.7. The Morgan fingerprint density at radius 3 is 2.69 bits per heavy atom. The van der Waals surface area contributed by atoms with Crippen molar-refractivity contribution in [1.82, 2.24) is 20.1 Å². The SMILES string of the molecule is CCn1c(SC(C)C(=O)NC(=O)Nc2ccc(C)cc2C)nnc1-c1ccco1. The molecule has 2 heterocycles. The molecule has 0 aliphatic carbocycles. The van der Waals surface area contributed by atoms with Crippen molar-refractivity contribution in [3.63, 3.8) is 0 Å². The molecule has 29 heavy (non-hydrogen) atoms. The first-order chi connectivity index (χ1) is 13.9. The number of furan rings is 1. The molecule has 0 aliphatic heterocycles. The molecule has 1 unspecified atom stereocenters. The van der Waals surface area contributed by atoms with Crippen molar-refractivity contribution >= 4 is 29.4 Å². The van der Waals surface area contributed by atoms with Gasteiger partial charge in [-0.25, -0.2) is 4.79 Å². The molecule has 0 fully saturated rings. The Morgan fingerprint density at radius 2 is 2.03 bits per heavy atom. The molecule has 2 N–H and O–H groups in total. The Labute approximate surface area is 173 Å². The first-order valence-corrected chi connectivity index (χ1v) is 10.1. The Balaban J connectivity index is 1.63. The number of aromatic nitrogens is 3. The van der Waals surface area contributed by atoms with Gasteiger partial charge >= 0.3 is 6.03 Å². The highest BCUT2D eigenvalue weighted by atomic mass is 32.2. The number of urea groups is 1. The van der Waals surface area contributed by atoms with Crippen molar-refractivity contribution in [2.45, 2.75) is 44.6 Å². The number of hydrogen-bond acceptors (Lipinski definition) is 6. The summed E-state index contributed by atoms with van der Waals surface area (Å²) in [6.07, 6.45) is 1.57. The summed E-state index contributed by atoms with van der Waals surface area (Å²) >= 11 is 1.23. The highest BCUT2D eigenvalue weighted by Gasteiger charge is 2.22. The van der Waals surface area contributed by atoms with Gasteiger partial charge in [0, 0.05) is 12.2 Å². The fraction of sp³-hybridized carbons (Fsp3) is 0.300. The topological polar surface area (TPSA) is 102 Å². The lowest BCUT2D eigenvalue weighted by Gasteiger charge is -2.13. The van der Waals surface area contributed by atoms with Crippen LogP contribution in [-0.4, -0.2) is 32.0 Å². The number of benzene rings is 1. The van der Waals surface area contributed by atoms with Gasteiger partial charge in [-0.05, 0) is 51.5 Å². The summed E-state index contributed by atoms with van der Waals surface area (Å²) in [7, 11) is 0. The van der Waals surface area contributed by atoms with Crippen molar-refractivity contribution in [1.29, 1.82) is 0 Å². The second-order valence-corrected chi connectivity index (χ2v) is 7.86. The second kappa shape index (κ2) is 8.95. The number of nitrogens with zero attached hydrogens (tertiary/aromatic N) is 3. The van der Waals surface area contributed by atoms with Crippen LogP contribution in [0.5, 0.6) is 0 Å². The normalized spacial score (nSPS) is 11.9. The highest BCUT2D eigenvalue weighted by Crippen LogP contribution is 2.27.